The van der Waals surface area contributed by atoms with Crippen LogP contribution >= 0.6 is 22.5 Å². The standard InChI is InChI=1S/C14H25NO3.C5H13NS2.C2H6.2H2/c1-13(2)6-5-10-18-11-8-15-12-14(17)7-3-4-9-16;1-5(2)6-3-4-8-7;1-2;;/h13,15-16H,3-4,7-12H2,1-2H3;5-7H,3-4H2,1-2H3;1-2H3;2*1H. The molecule has 28 heavy (non-hydrogen) atoms. The summed E-state index contributed by atoms with van der Waals surface area (Å²) in [7, 11) is 1.58. The van der Waals surface area contributed by atoms with Crippen LogP contribution in [0.15, 0.2) is 0 Å². The van der Waals surface area contributed by atoms with Gasteiger partial charge in [-0.25, -0.2) is 0 Å². The molecule has 5 nitrogen and oxygen atoms in total. The van der Waals surface area contributed by atoms with E-state index in [2.05, 4.69) is 48.0 Å². The second-order valence-corrected chi connectivity index (χ2v) is 7.81. The summed E-state index contributed by atoms with van der Waals surface area (Å²) in [5.74, 6) is 7.59. The van der Waals surface area contributed by atoms with Crippen molar-refractivity contribution >= 4 is 28.2 Å². The Hall–Kier alpha value is -0.230. The van der Waals surface area contributed by atoms with Crippen molar-refractivity contribution in [2.75, 3.05) is 45.2 Å². The average molecular weight is 441 g/mol. The van der Waals surface area contributed by atoms with Gasteiger partial charge in [0.2, 0.25) is 0 Å². The van der Waals surface area contributed by atoms with E-state index in [1.165, 1.54) is 0 Å². The van der Waals surface area contributed by atoms with Crippen molar-refractivity contribution in [1.29, 1.82) is 0 Å². The number of hydrogen-bond acceptors (Lipinski definition) is 7. The number of ketones is 1. The van der Waals surface area contributed by atoms with Gasteiger partial charge in [0.25, 0.3) is 0 Å². The van der Waals surface area contributed by atoms with Crippen molar-refractivity contribution in [3.05, 3.63) is 0 Å². The Morgan fingerprint density at radius 2 is 1.89 bits per heavy atom. The number of thiol groups is 1. The Balaban J connectivity index is -0.000000148. The Morgan fingerprint density at radius 3 is 2.43 bits per heavy atom. The number of nitrogens with one attached hydrogen (secondary N) is 2. The summed E-state index contributed by atoms with van der Waals surface area (Å²) in [4.78, 5) is 11.3. The highest BCUT2D eigenvalue weighted by Gasteiger charge is 2.00. The molecule has 0 saturated heterocycles. The van der Waals surface area contributed by atoms with E-state index in [1.807, 2.05) is 27.7 Å². The number of rotatable bonds is 14. The van der Waals surface area contributed by atoms with Crippen LogP contribution in [0.2, 0.25) is 0 Å². The first-order valence-corrected chi connectivity index (χ1v) is 12.4. The maximum Gasteiger partial charge on any atom is 0.146 e. The van der Waals surface area contributed by atoms with Crippen molar-refractivity contribution in [1.82, 2.24) is 10.6 Å². The van der Waals surface area contributed by atoms with Gasteiger partial charge in [0, 0.05) is 46.7 Å². The Kier molecular flexibility index (Phi) is 33.6. The van der Waals surface area contributed by atoms with Gasteiger partial charge >= 0.3 is 0 Å². The van der Waals surface area contributed by atoms with Crippen LogP contribution in [0, 0.1) is 17.8 Å². The van der Waals surface area contributed by atoms with E-state index < -0.39 is 0 Å². The third-order valence-corrected chi connectivity index (χ3v) is 3.85. The molecule has 0 fully saturated rings. The lowest BCUT2D eigenvalue weighted by Crippen LogP contribution is -2.26. The monoisotopic (exact) mass is 440 g/mol. The fourth-order valence-corrected chi connectivity index (χ4v) is 2.14. The molecule has 0 aromatic heterocycles. The normalized spacial score (nSPS) is 9.79. The molecule has 0 amide bonds. The minimum Gasteiger partial charge on any atom is -0.396 e. The van der Waals surface area contributed by atoms with E-state index in [9.17, 15) is 4.79 Å². The molecule has 0 spiro atoms. The summed E-state index contributed by atoms with van der Waals surface area (Å²) in [6.07, 6.45) is 2.00. The van der Waals surface area contributed by atoms with Crippen LogP contribution in [0.5, 0.6) is 0 Å². The summed E-state index contributed by atoms with van der Waals surface area (Å²) in [6, 6.07) is 0.607. The van der Waals surface area contributed by atoms with Gasteiger partial charge in [-0.15, -0.1) is 11.7 Å². The van der Waals surface area contributed by atoms with Gasteiger partial charge in [-0.2, -0.15) is 0 Å². The van der Waals surface area contributed by atoms with Crippen LogP contribution in [0.3, 0.4) is 0 Å². The third-order valence-electron chi connectivity index (χ3n) is 2.92. The zero-order valence-electron chi connectivity index (χ0n) is 18.8. The third kappa shape index (κ3) is 36.7. The summed E-state index contributed by atoms with van der Waals surface area (Å²) in [5.41, 5.74) is 0. The number of unbranched alkanes of at least 4 members (excludes halogenated alkanes) is 1. The smallest absolute Gasteiger partial charge is 0.146 e. The molecule has 0 saturated carbocycles. The average Bonchev–Trinajstić information content (AvgIpc) is 2.66. The quantitative estimate of drug-likeness (QED) is 0.141. The zero-order valence-corrected chi connectivity index (χ0v) is 20.6. The van der Waals surface area contributed by atoms with E-state index in [4.69, 9.17) is 9.84 Å². The maximum atomic E-state index is 11.3. The first-order chi connectivity index (χ1) is 13.4. The predicted octanol–water partition coefficient (Wildman–Crippen LogP) is 4.06. The molecule has 0 aliphatic heterocycles. The fourth-order valence-electron chi connectivity index (χ4n) is 1.66. The van der Waals surface area contributed by atoms with Crippen molar-refractivity contribution < 1.29 is 17.5 Å². The Bertz CT molecular complexity index is 381. The minimum atomic E-state index is 0. The number of carbonyl (C=O) groups excluding carboxylic acids is 1. The molecular weight excluding hydrogens is 392 g/mol. The molecule has 0 unspecified atom stereocenters. The molecule has 0 bridgehead atoms. The fraction of sp³-hybridized carbons (Fsp3) is 0.857. The molecule has 0 atom stereocenters. The van der Waals surface area contributed by atoms with Gasteiger partial charge in [0.1, 0.15) is 12.4 Å². The molecule has 0 aromatic carbocycles. The van der Waals surface area contributed by atoms with E-state index in [-0.39, 0.29) is 15.2 Å². The predicted molar refractivity (Wildman–Crippen MR) is 132 cm³/mol. The van der Waals surface area contributed by atoms with Crippen molar-refractivity contribution in [2.24, 2.45) is 5.92 Å². The van der Waals surface area contributed by atoms with Crippen LogP contribution in [0.4, 0.5) is 0 Å². The van der Waals surface area contributed by atoms with Gasteiger partial charge in [0.05, 0.1) is 13.2 Å². The summed E-state index contributed by atoms with van der Waals surface area (Å²) >= 11 is 4.00. The molecule has 0 aliphatic carbocycles. The van der Waals surface area contributed by atoms with Gasteiger partial charge in [-0.3, -0.25) is 4.79 Å². The Morgan fingerprint density at radius 1 is 1.21 bits per heavy atom. The first kappa shape index (κ1) is 32.4. The van der Waals surface area contributed by atoms with Gasteiger partial charge in [0.15, 0.2) is 0 Å². The van der Waals surface area contributed by atoms with Gasteiger partial charge < -0.3 is 20.5 Å². The van der Waals surface area contributed by atoms with E-state index in [0.29, 0.717) is 51.1 Å². The highest BCUT2D eigenvalue weighted by Crippen LogP contribution is 2.01. The molecule has 0 aromatic rings. The van der Waals surface area contributed by atoms with E-state index in [0.717, 1.165) is 18.7 Å². The number of hydrogen-bond donors (Lipinski definition) is 4. The molecule has 7 heteroatoms. The van der Waals surface area contributed by atoms with E-state index >= 15 is 0 Å². The molecule has 172 valence electrons. The second-order valence-electron chi connectivity index (χ2n) is 6.37. The van der Waals surface area contributed by atoms with Crippen LogP contribution in [-0.2, 0) is 9.53 Å². The number of carbonyl (C=O) groups is 1. The lowest BCUT2D eigenvalue weighted by Gasteiger charge is -2.04. The van der Waals surface area contributed by atoms with Crippen LogP contribution in [0.25, 0.3) is 0 Å². The highest BCUT2D eigenvalue weighted by atomic mass is 33.1. The number of ether oxygens (including phenoxy) is 1. The zero-order chi connectivity index (χ0) is 22.0. The van der Waals surface area contributed by atoms with Crippen LogP contribution < -0.4 is 10.6 Å². The minimum absolute atomic E-state index is 0. The SMILES string of the molecule is CC.CC(C)C#CCOCCNCC(=O)CCCCO.CC(C)NCCSS.[HH].[HH]. The molecular formula is C21H48N2O3S2. The lowest BCUT2D eigenvalue weighted by atomic mass is 10.2. The number of Topliss-reactive ketones (excluding diaryl/α,β-unsaturated/α-hetero) is 1. The van der Waals surface area contributed by atoms with Gasteiger partial charge in [-0.05, 0) is 12.8 Å². The van der Waals surface area contributed by atoms with Crippen molar-refractivity contribution in [3.63, 3.8) is 0 Å². The summed E-state index contributed by atoms with van der Waals surface area (Å²) < 4.78 is 5.28. The maximum absolute atomic E-state index is 11.3. The second kappa shape index (κ2) is 29.0. The van der Waals surface area contributed by atoms with E-state index in [1.54, 1.807) is 10.8 Å². The van der Waals surface area contributed by atoms with Crippen molar-refractivity contribution in [3.8, 4) is 11.8 Å². The highest BCUT2D eigenvalue weighted by molar-refractivity contribution is 8.68. The number of aliphatic hydroxyl groups excluding tert-OH is 1. The molecule has 0 radical (unpaired) electrons. The molecule has 0 heterocycles. The molecule has 3 N–H and O–H groups in total. The Labute approximate surface area is 186 Å². The summed E-state index contributed by atoms with van der Waals surface area (Å²) in [5, 5.41) is 14.9. The molecule has 0 aliphatic rings. The lowest BCUT2D eigenvalue weighted by molar-refractivity contribution is -0.118. The van der Waals surface area contributed by atoms with Gasteiger partial charge in [-0.1, -0.05) is 64.2 Å². The summed E-state index contributed by atoms with van der Waals surface area (Å²) in [6.45, 7) is 15.6. The largest absolute Gasteiger partial charge is 0.396 e. The van der Waals surface area contributed by atoms with Crippen LogP contribution in [-0.4, -0.2) is 62.1 Å². The first-order valence-electron chi connectivity index (χ1n) is 10.3. The topological polar surface area (TPSA) is 70.6 Å². The molecule has 0 rings (SSSR count). The van der Waals surface area contributed by atoms with Crippen molar-refractivity contribution in [2.45, 2.75) is 66.8 Å². The van der Waals surface area contributed by atoms with Crippen LogP contribution in [0.1, 0.15) is 63.7 Å². The number of aliphatic hydroxyl groups is 1.